The van der Waals surface area contributed by atoms with Gasteiger partial charge in [0.15, 0.2) is 21.6 Å². The summed E-state index contributed by atoms with van der Waals surface area (Å²) in [5.74, 6) is -0.0339. The number of halogens is 2. The Morgan fingerprint density at radius 2 is 1.77 bits per heavy atom. The van der Waals surface area contributed by atoms with Crippen molar-refractivity contribution in [2.24, 2.45) is 0 Å². The number of hydrogen-bond acceptors (Lipinski definition) is 6. The van der Waals surface area contributed by atoms with Gasteiger partial charge in [0.2, 0.25) is 0 Å². The third-order valence-corrected chi connectivity index (χ3v) is 7.92. The lowest BCUT2D eigenvalue weighted by molar-refractivity contribution is 0.156. The van der Waals surface area contributed by atoms with E-state index in [1.165, 1.54) is 4.68 Å². The summed E-state index contributed by atoms with van der Waals surface area (Å²) in [5, 5.41) is 21.2. The van der Waals surface area contributed by atoms with Crippen molar-refractivity contribution in [3.63, 3.8) is 0 Å². The number of nitrogens with one attached hydrogen (secondary N) is 2. The van der Waals surface area contributed by atoms with Crippen molar-refractivity contribution in [2.75, 3.05) is 5.32 Å². The predicted molar refractivity (Wildman–Crippen MR) is 151 cm³/mol. The summed E-state index contributed by atoms with van der Waals surface area (Å²) in [6, 6.07) is 23.4. The van der Waals surface area contributed by atoms with Crippen LogP contribution in [0, 0.1) is 12.7 Å². The molecule has 1 unspecified atom stereocenters. The lowest BCUT2D eigenvalue weighted by atomic mass is 9.93. The second-order valence-electron chi connectivity index (χ2n) is 9.40. The molecule has 196 valence electrons. The lowest BCUT2D eigenvalue weighted by Crippen LogP contribution is -2.18. The summed E-state index contributed by atoms with van der Waals surface area (Å²) < 4.78 is 20.9. The molecule has 3 aromatic carbocycles. The van der Waals surface area contributed by atoms with E-state index in [9.17, 15) is 9.18 Å². The van der Waals surface area contributed by atoms with E-state index in [1.54, 1.807) is 0 Å². The lowest BCUT2D eigenvalue weighted by Gasteiger charge is -2.15. The van der Waals surface area contributed by atoms with Crippen LogP contribution in [-0.4, -0.2) is 36.5 Å². The van der Waals surface area contributed by atoms with Crippen molar-refractivity contribution in [3.8, 4) is 16.8 Å². The van der Waals surface area contributed by atoms with E-state index >= 15 is 0 Å². The Labute approximate surface area is 236 Å². The number of hydrogen-bond donors (Lipinski definition) is 2. The molecule has 1 aliphatic carbocycles. The fourth-order valence-electron chi connectivity index (χ4n) is 4.67. The molecule has 1 amide bonds. The van der Waals surface area contributed by atoms with Gasteiger partial charge in [-0.05, 0) is 76.7 Å². The molecule has 6 rings (SSSR count). The number of aromatic amines is 1. The van der Waals surface area contributed by atoms with Crippen LogP contribution in [0.2, 0.25) is 0 Å². The number of carbonyl (C=O) groups excluding carboxylic acids is 1. The van der Waals surface area contributed by atoms with Crippen molar-refractivity contribution in [1.82, 2.24) is 30.4 Å². The zero-order valence-electron chi connectivity index (χ0n) is 20.8. The Hall–Kier alpha value is -4.13. The van der Waals surface area contributed by atoms with E-state index in [0.29, 0.717) is 5.69 Å². The minimum Gasteiger partial charge on any atom is -0.430 e. The summed E-state index contributed by atoms with van der Waals surface area (Å²) in [6.45, 7) is 1.94. The van der Waals surface area contributed by atoms with E-state index < -0.39 is 16.0 Å². The summed E-state index contributed by atoms with van der Waals surface area (Å²) in [5.41, 5.74) is 5.49. The molecule has 0 saturated heterocycles. The molecule has 1 atom stereocenters. The topological polar surface area (TPSA) is 111 Å². The molecular formula is C28H23FIN7O2. The van der Waals surface area contributed by atoms with E-state index in [1.807, 2.05) is 78.0 Å². The molecule has 0 radical (unpaired) electrons. The number of carbonyl (C=O) groups is 1. The zero-order chi connectivity index (χ0) is 27.0. The molecule has 0 bridgehead atoms. The quantitative estimate of drug-likeness (QED) is 0.161. The molecule has 5 aromatic rings. The number of aromatic nitrogens is 6. The third-order valence-electron chi connectivity index (χ3n) is 6.99. The van der Waals surface area contributed by atoms with Crippen LogP contribution in [-0.2, 0) is 10.2 Å². The van der Waals surface area contributed by atoms with Gasteiger partial charge in [-0.25, -0.2) is 13.9 Å². The first-order valence-corrected chi connectivity index (χ1v) is 13.6. The number of aryl methyl sites for hydroxylation is 1. The number of ether oxygens (including phenoxy) is 1. The van der Waals surface area contributed by atoms with Crippen LogP contribution in [0.25, 0.3) is 16.8 Å². The molecule has 39 heavy (non-hydrogen) atoms. The Bertz CT molecular complexity index is 1610. The fraction of sp³-hybridized carbons (Fsp3) is 0.179. The number of anilines is 1. The molecule has 9 nitrogen and oxygen atoms in total. The average Bonchev–Trinajstić information content (AvgIpc) is 3.40. The Kier molecular flexibility index (Phi) is 6.59. The van der Waals surface area contributed by atoms with Gasteiger partial charge < -0.3 is 4.74 Å². The number of amides is 1. The molecule has 1 aliphatic rings. The highest BCUT2D eigenvalue weighted by molar-refractivity contribution is 14.1. The standard InChI is InChI=1S/C28H23FIN7O2/c1-17-4-2-3-5-22(17)24(30)39-27(38)32-25-23(29)16-31-37(25)21-12-8-19(9-13-21)18-6-10-20(11-7-18)28(14-15-28)26-33-35-36-34-26/h2-13,16,24H,14-15H2,1H3,(H,32,38)(H,33,34,35,36). The van der Waals surface area contributed by atoms with Gasteiger partial charge in [-0.3, -0.25) is 5.32 Å². The smallest absolute Gasteiger partial charge is 0.414 e. The maximum Gasteiger partial charge on any atom is 0.414 e. The van der Waals surface area contributed by atoms with Gasteiger partial charge in [-0.15, -0.1) is 10.2 Å². The minimum absolute atomic E-state index is 0.0957. The van der Waals surface area contributed by atoms with Crippen molar-refractivity contribution in [1.29, 1.82) is 0 Å². The molecule has 1 fully saturated rings. The number of H-pyrrole nitrogens is 1. The van der Waals surface area contributed by atoms with Crippen molar-refractivity contribution in [3.05, 3.63) is 107 Å². The van der Waals surface area contributed by atoms with Crippen LogP contribution >= 0.6 is 22.6 Å². The molecule has 2 heterocycles. The maximum atomic E-state index is 14.6. The van der Waals surface area contributed by atoms with Gasteiger partial charge in [0.25, 0.3) is 0 Å². The van der Waals surface area contributed by atoms with Crippen molar-refractivity contribution in [2.45, 2.75) is 29.3 Å². The number of tetrazole rings is 1. The summed E-state index contributed by atoms with van der Waals surface area (Å²) in [4.78, 5) is 12.6. The molecule has 2 aromatic heterocycles. The number of rotatable bonds is 7. The second kappa shape index (κ2) is 10.2. The maximum absolute atomic E-state index is 14.6. The van der Waals surface area contributed by atoms with Crippen LogP contribution in [0.4, 0.5) is 15.0 Å². The van der Waals surface area contributed by atoms with Crippen LogP contribution < -0.4 is 5.32 Å². The molecule has 11 heteroatoms. The normalized spacial score (nSPS) is 14.5. The molecule has 2 N–H and O–H groups in total. The highest BCUT2D eigenvalue weighted by Crippen LogP contribution is 2.52. The second-order valence-corrected chi connectivity index (χ2v) is 10.5. The van der Waals surface area contributed by atoms with Crippen LogP contribution in [0.15, 0.2) is 79.0 Å². The molecular weight excluding hydrogens is 612 g/mol. The molecule has 0 aliphatic heterocycles. The average molecular weight is 635 g/mol. The van der Waals surface area contributed by atoms with E-state index in [0.717, 1.165) is 52.7 Å². The van der Waals surface area contributed by atoms with E-state index in [-0.39, 0.29) is 11.2 Å². The van der Waals surface area contributed by atoms with E-state index in [4.69, 9.17) is 4.74 Å². The highest BCUT2D eigenvalue weighted by atomic mass is 127. The minimum atomic E-state index is -0.774. The SMILES string of the molecule is Cc1ccccc1C(I)OC(=O)Nc1c(F)cnn1-c1ccc(-c2ccc(C3(c4nn[nH]n4)CC3)cc2)cc1. The van der Waals surface area contributed by atoms with Crippen LogP contribution in [0.5, 0.6) is 0 Å². The van der Waals surface area contributed by atoms with Gasteiger partial charge >= 0.3 is 6.09 Å². The highest BCUT2D eigenvalue weighted by Gasteiger charge is 2.49. The van der Waals surface area contributed by atoms with Gasteiger partial charge in [0.05, 0.1) is 17.3 Å². The summed E-state index contributed by atoms with van der Waals surface area (Å²) in [7, 11) is 0. The Balaban J connectivity index is 1.17. The third kappa shape index (κ3) is 4.89. The van der Waals surface area contributed by atoms with Crippen LogP contribution in [0.3, 0.4) is 0 Å². The summed E-state index contributed by atoms with van der Waals surface area (Å²) in [6.07, 6.45) is 2.27. The zero-order valence-corrected chi connectivity index (χ0v) is 23.0. The van der Waals surface area contributed by atoms with Gasteiger partial charge in [0, 0.05) is 5.56 Å². The Morgan fingerprint density at radius 1 is 1.08 bits per heavy atom. The van der Waals surface area contributed by atoms with Gasteiger partial charge in [-0.1, -0.05) is 65.9 Å². The first-order valence-electron chi connectivity index (χ1n) is 12.3. The number of benzene rings is 3. The number of alkyl halides is 1. The van der Waals surface area contributed by atoms with Crippen LogP contribution in [0.1, 0.15) is 39.5 Å². The van der Waals surface area contributed by atoms with Gasteiger partial charge in [0.1, 0.15) is 0 Å². The van der Waals surface area contributed by atoms with Gasteiger partial charge in [-0.2, -0.15) is 10.3 Å². The molecule has 1 saturated carbocycles. The Morgan fingerprint density at radius 3 is 2.41 bits per heavy atom. The van der Waals surface area contributed by atoms with E-state index in [2.05, 4.69) is 55.3 Å². The first kappa shape index (κ1) is 25.2. The number of nitrogens with zero attached hydrogens (tertiary/aromatic N) is 5. The van der Waals surface area contributed by atoms with Crippen molar-refractivity contribution < 1.29 is 13.9 Å². The predicted octanol–water partition coefficient (Wildman–Crippen LogP) is 6.26. The molecule has 0 spiro atoms. The first-order chi connectivity index (χ1) is 18.9. The van der Waals surface area contributed by atoms with Crippen molar-refractivity contribution >= 4 is 34.5 Å². The monoisotopic (exact) mass is 635 g/mol. The largest absolute Gasteiger partial charge is 0.430 e. The fourth-order valence-corrected chi connectivity index (χ4v) is 5.60. The summed E-state index contributed by atoms with van der Waals surface area (Å²) >= 11 is 2.03.